The summed E-state index contributed by atoms with van der Waals surface area (Å²) in [6.07, 6.45) is 1.58. The maximum absolute atomic E-state index is 12.6. The molecule has 2 aliphatic rings. The lowest BCUT2D eigenvalue weighted by Crippen LogP contribution is -2.57. The van der Waals surface area contributed by atoms with Crippen molar-refractivity contribution in [3.63, 3.8) is 0 Å². The summed E-state index contributed by atoms with van der Waals surface area (Å²) in [6, 6.07) is 5.97. The third-order valence-electron chi connectivity index (χ3n) is 5.62. The first kappa shape index (κ1) is 24.7. The topological polar surface area (TPSA) is 117 Å². The predicted molar refractivity (Wildman–Crippen MR) is 121 cm³/mol. The molecule has 180 valence electrons. The van der Waals surface area contributed by atoms with Crippen LogP contribution in [0, 0.1) is 0 Å². The Kier molecular flexibility index (Phi) is 9.20. The van der Waals surface area contributed by atoms with Crippen LogP contribution < -0.4 is 10.6 Å². The minimum Gasteiger partial charge on any atom is -0.466 e. The molecular formula is C23H32N4O6. The predicted octanol–water partition coefficient (Wildman–Crippen LogP) is 0.631. The van der Waals surface area contributed by atoms with Gasteiger partial charge in [0.25, 0.3) is 5.91 Å². The Bertz CT molecular complexity index is 838. The van der Waals surface area contributed by atoms with Gasteiger partial charge in [-0.3, -0.25) is 24.1 Å². The van der Waals surface area contributed by atoms with Crippen molar-refractivity contribution in [3.8, 4) is 0 Å². The number of ether oxygens (including phenoxy) is 2. The molecule has 1 atom stereocenters. The second-order valence-electron chi connectivity index (χ2n) is 8.09. The van der Waals surface area contributed by atoms with Crippen LogP contribution in [0.25, 0.3) is 0 Å². The standard InChI is InChI=1S/C23H32N4O6/c1-2-3-12-33-21(29)15-19-22(30)24-8-9-27(19)16-20(28)25-18-6-4-17(5-7-18)23(31)26-10-13-32-14-11-26/h4-7,19H,2-3,8-16H2,1H3,(H,24,30)(H,25,28). The van der Waals surface area contributed by atoms with Crippen LogP contribution in [0.2, 0.25) is 0 Å². The number of morpholine rings is 1. The maximum atomic E-state index is 12.6. The molecule has 3 rings (SSSR count). The Balaban J connectivity index is 1.53. The molecular weight excluding hydrogens is 428 g/mol. The van der Waals surface area contributed by atoms with Crippen molar-refractivity contribution < 1.29 is 28.7 Å². The Hall–Kier alpha value is -2.98. The van der Waals surface area contributed by atoms with Gasteiger partial charge >= 0.3 is 5.97 Å². The van der Waals surface area contributed by atoms with Gasteiger partial charge in [0, 0.05) is 37.4 Å². The van der Waals surface area contributed by atoms with Gasteiger partial charge in [-0.05, 0) is 30.7 Å². The highest BCUT2D eigenvalue weighted by Gasteiger charge is 2.33. The number of anilines is 1. The normalized spacial score (nSPS) is 19.0. The molecule has 2 aliphatic heterocycles. The smallest absolute Gasteiger partial charge is 0.307 e. The van der Waals surface area contributed by atoms with Crippen molar-refractivity contribution in [2.45, 2.75) is 32.2 Å². The minimum atomic E-state index is -0.743. The molecule has 2 saturated heterocycles. The number of hydrogen-bond donors (Lipinski definition) is 2. The number of nitrogens with zero attached hydrogens (tertiary/aromatic N) is 2. The molecule has 0 bridgehead atoms. The highest BCUT2D eigenvalue weighted by atomic mass is 16.5. The van der Waals surface area contributed by atoms with E-state index >= 15 is 0 Å². The summed E-state index contributed by atoms with van der Waals surface area (Å²) in [5.74, 6) is -1.10. The molecule has 0 radical (unpaired) electrons. The monoisotopic (exact) mass is 460 g/mol. The minimum absolute atomic E-state index is 0.0329. The van der Waals surface area contributed by atoms with Crippen molar-refractivity contribution in [1.29, 1.82) is 0 Å². The van der Waals surface area contributed by atoms with Crippen LogP contribution in [0.1, 0.15) is 36.5 Å². The van der Waals surface area contributed by atoms with Crippen LogP contribution in [0.15, 0.2) is 24.3 Å². The maximum Gasteiger partial charge on any atom is 0.307 e. The highest BCUT2D eigenvalue weighted by molar-refractivity contribution is 5.96. The quantitative estimate of drug-likeness (QED) is 0.410. The van der Waals surface area contributed by atoms with E-state index in [0.717, 1.165) is 12.8 Å². The molecule has 10 nitrogen and oxygen atoms in total. The molecule has 2 N–H and O–H groups in total. The zero-order valence-electron chi connectivity index (χ0n) is 19.0. The van der Waals surface area contributed by atoms with E-state index < -0.39 is 12.0 Å². The number of amides is 3. The van der Waals surface area contributed by atoms with Gasteiger partial charge in [0.1, 0.15) is 6.04 Å². The fraction of sp³-hybridized carbons (Fsp3) is 0.565. The van der Waals surface area contributed by atoms with Crippen molar-refractivity contribution in [2.75, 3.05) is 57.9 Å². The number of piperazine rings is 1. The third kappa shape index (κ3) is 7.26. The lowest BCUT2D eigenvalue weighted by atomic mass is 10.1. The van der Waals surface area contributed by atoms with Gasteiger partial charge in [-0.15, -0.1) is 0 Å². The van der Waals surface area contributed by atoms with Gasteiger partial charge in [-0.2, -0.15) is 0 Å². The van der Waals surface area contributed by atoms with Crippen molar-refractivity contribution in [3.05, 3.63) is 29.8 Å². The van der Waals surface area contributed by atoms with E-state index in [1.807, 2.05) is 6.92 Å². The number of hydrogen-bond acceptors (Lipinski definition) is 7. The van der Waals surface area contributed by atoms with Gasteiger partial charge in [0.05, 0.1) is 32.8 Å². The Morgan fingerprint density at radius 1 is 1.15 bits per heavy atom. The van der Waals surface area contributed by atoms with Crippen LogP contribution >= 0.6 is 0 Å². The van der Waals surface area contributed by atoms with Crippen molar-refractivity contribution in [2.24, 2.45) is 0 Å². The average molecular weight is 461 g/mol. The molecule has 2 fully saturated rings. The van der Waals surface area contributed by atoms with E-state index in [9.17, 15) is 19.2 Å². The lowest BCUT2D eigenvalue weighted by Gasteiger charge is -2.33. The second kappa shape index (κ2) is 12.3. The average Bonchev–Trinajstić information content (AvgIpc) is 2.82. The van der Waals surface area contributed by atoms with Gasteiger partial charge in [0.15, 0.2) is 0 Å². The van der Waals surface area contributed by atoms with E-state index in [1.54, 1.807) is 34.1 Å². The summed E-state index contributed by atoms with van der Waals surface area (Å²) >= 11 is 0. The lowest BCUT2D eigenvalue weighted by molar-refractivity contribution is -0.149. The molecule has 1 aromatic rings. The van der Waals surface area contributed by atoms with E-state index in [2.05, 4.69) is 10.6 Å². The van der Waals surface area contributed by atoms with Crippen LogP contribution in [0.5, 0.6) is 0 Å². The fourth-order valence-electron chi connectivity index (χ4n) is 3.75. The molecule has 3 amide bonds. The number of carbonyl (C=O) groups excluding carboxylic acids is 4. The van der Waals surface area contributed by atoms with Crippen LogP contribution in [0.3, 0.4) is 0 Å². The number of benzene rings is 1. The summed E-state index contributed by atoms with van der Waals surface area (Å²) in [4.78, 5) is 53.0. The molecule has 33 heavy (non-hydrogen) atoms. The first-order valence-corrected chi connectivity index (χ1v) is 11.4. The second-order valence-corrected chi connectivity index (χ2v) is 8.09. The number of esters is 1. The summed E-state index contributed by atoms with van der Waals surface area (Å²) < 4.78 is 10.4. The van der Waals surface area contributed by atoms with E-state index in [0.29, 0.717) is 57.3 Å². The van der Waals surface area contributed by atoms with Gasteiger partial charge in [-0.25, -0.2) is 0 Å². The van der Waals surface area contributed by atoms with Crippen LogP contribution in [0.4, 0.5) is 5.69 Å². The SMILES string of the molecule is CCCCOC(=O)CC1C(=O)NCCN1CC(=O)Nc1ccc(C(=O)N2CCOCC2)cc1. The summed E-state index contributed by atoms with van der Waals surface area (Å²) in [6.45, 7) is 5.35. The number of rotatable bonds is 9. The summed E-state index contributed by atoms with van der Waals surface area (Å²) in [7, 11) is 0. The zero-order chi connectivity index (χ0) is 23.6. The molecule has 2 heterocycles. The molecule has 0 aliphatic carbocycles. The van der Waals surface area contributed by atoms with Gasteiger partial charge in [0.2, 0.25) is 11.8 Å². The van der Waals surface area contributed by atoms with E-state index in [-0.39, 0.29) is 30.7 Å². The fourth-order valence-corrected chi connectivity index (χ4v) is 3.75. The molecule has 10 heteroatoms. The molecule has 0 aromatic heterocycles. The largest absolute Gasteiger partial charge is 0.466 e. The Morgan fingerprint density at radius 2 is 1.88 bits per heavy atom. The Morgan fingerprint density at radius 3 is 2.58 bits per heavy atom. The number of nitrogens with one attached hydrogen (secondary N) is 2. The van der Waals surface area contributed by atoms with Crippen molar-refractivity contribution >= 4 is 29.4 Å². The van der Waals surface area contributed by atoms with E-state index in [4.69, 9.17) is 9.47 Å². The summed E-state index contributed by atoms with van der Waals surface area (Å²) in [5, 5.41) is 5.53. The summed E-state index contributed by atoms with van der Waals surface area (Å²) in [5.41, 5.74) is 1.10. The molecule has 1 aromatic carbocycles. The Labute approximate surface area is 193 Å². The molecule has 1 unspecified atom stereocenters. The molecule has 0 saturated carbocycles. The molecule has 0 spiro atoms. The van der Waals surface area contributed by atoms with Crippen molar-refractivity contribution in [1.82, 2.24) is 15.1 Å². The zero-order valence-corrected chi connectivity index (χ0v) is 19.0. The number of unbranched alkanes of at least 4 members (excludes halogenated alkanes) is 1. The third-order valence-corrected chi connectivity index (χ3v) is 5.62. The number of carbonyl (C=O) groups is 4. The van der Waals surface area contributed by atoms with E-state index in [1.165, 1.54) is 0 Å². The van der Waals surface area contributed by atoms with Crippen LogP contribution in [-0.2, 0) is 23.9 Å². The highest BCUT2D eigenvalue weighted by Crippen LogP contribution is 2.14. The van der Waals surface area contributed by atoms with Crippen LogP contribution in [-0.4, -0.2) is 92.1 Å². The van der Waals surface area contributed by atoms with Gasteiger partial charge < -0.3 is 25.0 Å². The first-order chi connectivity index (χ1) is 16.0. The first-order valence-electron chi connectivity index (χ1n) is 11.4. The van der Waals surface area contributed by atoms with Gasteiger partial charge in [-0.1, -0.05) is 13.3 Å².